The minimum Gasteiger partial charge on any atom is -0.497 e. The molecule has 0 saturated carbocycles. The van der Waals surface area contributed by atoms with Crippen LogP contribution in [-0.2, 0) is 20.9 Å². The van der Waals surface area contributed by atoms with E-state index in [1.54, 1.807) is 32.4 Å². The normalized spacial score (nSPS) is 9.94. The van der Waals surface area contributed by atoms with Crippen LogP contribution in [0.2, 0.25) is 0 Å². The summed E-state index contributed by atoms with van der Waals surface area (Å²) in [6.45, 7) is 4.55. The third-order valence-corrected chi connectivity index (χ3v) is 4.22. The summed E-state index contributed by atoms with van der Waals surface area (Å²) in [4.78, 5) is 32.7. The van der Waals surface area contributed by atoms with Crippen LogP contribution in [0.15, 0.2) is 48.5 Å². The number of carboxylic acids is 2. The van der Waals surface area contributed by atoms with Gasteiger partial charge in [0.1, 0.15) is 11.5 Å². The Kier molecular flexibility index (Phi) is 11.2. The van der Waals surface area contributed by atoms with E-state index in [-0.39, 0.29) is 5.91 Å². The highest BCUT2D eigenvalue weighted by atomic mass is 16.5. The zero-order valence-corrected chi connectivity index (χ0v) is 17.8. The fourth-order valence-corrected chi connectivity index (χ4v) is 2.56. The fraction of sp³-hybridized carbons (Fsp3) is 0.318. The number of hydrogen-bond acceptors (Lipinski definition) is 6. The second-order valence-corrected chi connectivity index (χ2v) is 6.33. The predicted molar refractivity (Wildman–Crippen MR) is 115 cm³/mol. The van der Waals surface area contributed by atoms with Crippen LogP contribution in [0.25, 0.3) is 0 Å². The second-order valence-electron chi connectivity index (χ2n) is 6.33. The minimum atomic E-state index is -1.82. The smallest absolute Gasteiger partial charge is 0.414 e. The van der Waals surface area contributed by atoms with Crippen molar-refractivity contribution < 1.29 is 34.1 Å². The molecule has 9 heteroatoms. The Morgan fingerprint density at radius 3 is 2.13 bits per heavy atom. The molecule has 9 nitrogen and oxygen atoms in total. The first kappa shape index (κ1) is 25.4. The fourth-order valence-electron chi connectivity index (χ4n) is 2.56. The third kappa shape index (κ3) is 9.64. The summed E-state index contributed by atoms with van der Waals surface area (Å²) in [5, 5.41) is 17.7. The number of amides is 1. The number of benzene rings is 2. The molecule has 31 heavy (non-hydrogen) atoms. The van der Waals surface area contributed by atoms with Gasteiger partial charge in [-0.05, 0) is 24.2 Å². The number of nitrogens with zero attached hydrogens (tertiary/aromatic N) is 1. The lowest BCUT2D eigenvalue weighted by molar-refractivity contribution is -0.159. The van der Waals surface area contributed by atoms with Crippen LogP contribution < -0.4 is 14.8 Å². The molecule has 0 unspecified atom stereocenters. The summed E-state index contributed by atoms with van der Waals surface area (Å²) in [6.07, 6.45) is 0.426. The lowest BCUT2D eigenvalue weighted by Gasteiger charge is -2.20. The van der Waals surface area contributed by atoms with Gasteiger partial charge in [0.25, 0.3) is 0 Å². The molecular weight excluding hydrogens is 404 g/mol. The standard InChI is InChI=1S/C20H26N2O3.C2H2O4/c1-4-22(15-16-8-6-5-7-9-16)13-12-20(23)21-18-11-10-17(24-2)14-19(18)25-3;3-1(4)2(5)6/h5-11,14H,4,12-13,15H2,1-3H3,(H,21,23);(H,3,4)(H,5,6). The van der Waals surface area contributed by atoms with Gasteiger partial charge in [0.2, 0.25) is 5.91 Å². The van der Waals surface area contributed by atoms with Gasteiger partial charge >= 0.3 is 11.9 Å². The predicted octanol–water partition coefficient (Wildman–Crippen LogP) is 2.71. The Labute approximate surface area is 181 Å². The Bertz CT molecular complexity index is 844. The number of ether oxygens (including phenoxy) is 2. The highest BCUT2D eigenvalue weighted by molar-refractivity contribution is 6.27. The molecule has 2 rings (SSSR count). The molecule has 0 fully saturated rings. The van der Waals surface area contributed by atoms with Crippen molar-refractivity contribution in [1.29, 1.82) is 0 Å². The Balaban J connectivity index is 0.000000703. The molecule has 0 saturated heterocycles. The number of nitrogens with one attached hydrogen (secondary N) is 1. The number of anilines is 1. The third-order valence-electron chi connectivity index (χ3n) is 4.22. The molecule has 0 aromatic heterocycles. The molecule has 0 heterocycles. The van der Waals surface area contributed by atoms with E-state index < -0.39 is 11.9 Å². The van der Waals surface area contributed by atoms with Crippen molar-refractivity contribution in [3.05, 3.63) is 54.1 Å². The van der Waals surface area contributed by atoms with Crippen molar-refractivity contribution in [2.24, 2.45) is 0 Å². The number of rotatable bonds is 9. The van der Waals surface area contributed by atoms with Gasteiger partial charge in [-0.3, -0.25) is 9.69 Å². The van der Waals surface area contributed by atoms with Crippen LogP contribution in [0.1, 0.15) is 18.9 Å². The highest BCUT2D eigenvalue weighted by Crippen LogP contribution is 2.29. The molecule has 0 bridgehead atoms. The Morgan fingerprint density at radius 1 is 0.968 bits per heavy atom. The molecule has 0 aliphatic rings. The quantitative estimate of drug-likeness (QED) is 0.517. The largest absolute Gasteiger partial charge is 0.497 e. The summed E-state index contributed by atoms with van der Waals surface area (Å²) in [5.74, 6) is -2.40. The van der Waals surface area contributed by atoms with E-state index in [9.17, 15) is 4.79 Å². The van der Waals surface area contributed by atoms with E-state index in [1.165, 1.54) is 5.56 Å². The number of aliphatic carboxylic acids is 2. The monoisotopic (exact) mass is 432 g/mol. The summed E-state index contributed by atoms with van der Waals surface area (Å²) < 4.78 is 10.5. The summed E-state index contributed by atoms with van der Waals surface area (Å²) >= 11 is 0. The molecule has 0 spiro atoms. The first-order valence-electron chi connectivity index (χ1n) is 9.55. The average molecular weight is 432 g/mol. The van der Waals surface area contributed by atoms with E-state index in [2.05, 4.69) is 29.3 Å². The van der Waals surface area contributed by atoms with Gasteiger partial charge in [-0.25, -0.2) is 9.59 Å². The first-order valence-corrected chi connectivity index (χ1v) is 9.55. The number of hydrogen-bond donors (Lipinski definition) is 3. The topological polar surface area (TPSA) is 125 Å². The van der Waals surface area contributed by atoms with Crippen molar-refractivity contribution in [2.75, 3.05) is 32.6 Å². The van der Waals surface area contributed by atoms with E-state index in [1.807, 2.05) is 18.2 Å². The molecule has 2 aromatic rings. The molecule has 0 radical (unpaired) electrons. The van der Waals surface area contributed by atoms with Crippen molar-refractivity contribution in [1.82, 2.24) is 4.90 Å². The summed E-state index contributed by atoms with van der Waals surface area (Å²) in [5.41, 5.74) is 1.90. The lowest BCUT2D eigenvalue weighted by Crippen LogP contribution is -2.27. The summed E-state index contributed by atoms with van der Waals surface area (Å²) in [6, 6.07) is 15.6. The molecule has 168 valence electrons. The van der Waals surface area contributed by atoms with Crippen molar-refractivity contribution >= 4 is 23.5 Å². The van der Waals surface area contributed by atoms with Crippen LogP contribution in [0.4, 0.5) is 5.69 Å². The van der Waals surface area contributed by atoms with E-state index in [0.717, 1.165) is 13.1 Å². The molecule has 0 aliphatic carbocycles. The second kappa shape index (κ2) is 13.6. The van der Waals surface area contributed by atoms with E-state index >= 15 is 0 Å². The van der Waals surface area contributed by atoms with Crippen molar-refractivity contribution in [2.45, 2.75) is 19.9 Å². The van der Waals surface area contributed by atoms with Gasteiger partial charge in [-0.15, -0.1) is 0 Å². The van der Waals surface area contributed by atoms with Crippen LogP contribution in [0.5, 0.6) is 11.5 Å². The van der Waals surface area contributed by atoms with E-state index in [4.69, 9.17) is 29.3 Å². The van der Waals surface area contributed by atoms with Gasteiger partial charge in [-0.1, -0.05) is 37.3 Å². The van der Waals surface area contributed by atoms with Gasteiger partial charge in [0.05, 0.1) is 19.9 Å². The number of carboxylic acid groups (broad SMARTS) is 2. The highest BCUT2D eigenvalue weighted by Gasteiger charge is 2.11. The van der Waals surface area contributed by atoms with Crippen LogP contribution in [0.3, 0.4) is 0 Å². The van der Waals surface area contributed by atoms with Gasteiger partial charge in [0.15, 0.2) is 0 Å². The zero-order chi connectivity index (χ0) is 23.2. The first-order chi connectivity index (χ1) is 14.8. The maximum Gasteiger partial charge on any atom is 0.414 e. The van der Waals surface area contributed by atoms with Gasteiger partial charge in [-0.2, -0.15) is 0 Å². The number of carbonyl (C=O) groups excluding carboxylic acids is 1. The maximum absolute atomic E-state index is 12.3. The molecule has 0 aliphatic heterocycles. The SMILES string of the molecule is CCN(CCC(=O)Nc1ccc(OC)cc1OC)Cc1ccccc1.O=C(O)C(=O)O. The molecule has 2 aromatic carbocycles. The zero-order valence-electron chi connectivity index (χ0n) is 17.8. The van der Waals surface area contributed by atoms with Gasteiger partial charge in [0, 0.05) is 25.6 Å². The molecular formula is C22H28N2O7. The number of methoxy groups -OCH3 is 2. The van der Waals surface area contributed by atoms with Crippen LogP contribution >= 0.6 is 0 Å². The van der Waals surface area contributed by atoms with E-state index in [0.29, 0.717) is 30.2 Å². The minimum absolute atomic E-state index is 0.0324. The number of carbonyl (C=O) groups is 3. The Hall–Kier alpha value is -3.59. The van der Waals surface area contributed by atoms with Crippen LogP contribution in [0, 0.1) is 0 Å². The Morgan fingerprint density at radius 2 is 1.61 bits per heavy atom. The molecule has 0 atom stereocenters. The van der Waals surface area contributed by atoms with Crippen molar-refractivity contribution in [3.8, 4) is 11.5 Å². The van der Waals surface area contributed by atoms with Crippen LogP contribution in [-0.4, -0.2) is 60.3 Å². The van der Waals surface area contributed by atoms with Gasteiger partial charge < -0.3 is 25.0 Å². The molecule has 3 N–H and O–H groups in total. The summed E-state index contributed by atoms with van der Waals surface area (Å²) in [7, 11) is 3.17. The molecule has 1 amide bonds. The lowest BCUT2D eigenvalue weighted by atomic mass is 10.2. The maximum atomic E-state index is 12.3. The van der Waals surface area contributed by atoms with Crippen molar-refractivity contribution in [3.63, 3.8) is 0 Å². The average Bonchev–Trinajstić information content (AvgIpc) is 2.77.